The van der Waals surface area contributed by atoms with Gasteiger partial charge in [-0.25, -0.2) is 4.39 Å². The van der Waals surface area contributed by atoms with E-state index < -0.39 is 0 Å². The monoisotopic (exact) mass is 414 g/mol. The van der Waals surface area contributed by atoms with Crippen LogP contribution in [0.3, 0.4) is 0 Å². The Balaban J connectivity index is 0.00000208. The molecule has 2 aromatic rings. The number of nitrogens with one attached hydrogen (secondary N) is 1. The van der Waals surface area contributed by atoms with Gasteiger partial charge in [-0.15, -0.1) is 12.4 Å². The van der Waals surface area contributed by atoms with Crippen molar-refractivity contribution in [1.82, 2.24) is 4.90 Å². The SMILES string of the molecule is Cl.OCCN(Cc1cc(Br)ccc1F)Cc1cccc2c1NCC2. The fourth-order valence-electron chi connectivity index (χ4n) is 3.04. The zero-order valence-corrected chi connectivity index (χ0v) is 15.7. The Bertz CT molecular complexity index is 699. The number of rotatable bonds is 6. The molecule has 0 fully saturated rings. The molecule has 3 nitrogen and oxygen atoms in total. The molecule has 0 atom stereocenters. The third-order valence-corrected chi connectivity index (χ3v) is 4.64. The van der Waals surface area contributed by atoms with Crippen LogP contribution in [0, 0.1) is 5.82 Å². The number of aliphatic hydroxyl groups excluding tert-OH is 1. The van der Waals surface area contributed by atoms with Crippen molar-refractivity contribution < 1.29 is 9.50 Å². The quantitative estimate of drug-likeness (QED) is 0.749. The van der Waals surface area contributed by atoms with Crippen LogP contribution in [0.25, 0.3) is 0 Å². The molecule has 0 radical (unpaired) electrons. The Labute approximate surface area is 156 Å². The molecule has 1 aliphatic rings. The van der Waals surface area contributed by atoms with Crippen molar-refractivity contribution in [2.75, 3.05) is 25.0 Å². The zero-order chi connectivity index (χ0) is 16.2. The molecule has 0 aliphatic carbocycles. The van der Waals surface area contributed by atoms with E-state index in [2.05, 4.69) is 44.3 Å². The number of hydrogen-bond acceptors (Lipinski definition) is 3. The van der Waals surface area contributed by atoms with Crippen LogP contribution in [0.1, 0.15) is 16.7 Å². The van der Waals surface area contributed by atoms with Gasteiger partial charge < -0.3 is 10.4 Å². The van der Waals surface area contributed by atoms with Crippen LogP contribution in [-0.2, 0) is 19.5 Å². The maximum Gasteiger partial charge on any atom is 0.127 e. The van der Waals surface area contributed by atoms with E-state index in [-0.39, 0.29) is 24.8 Å². The van der Waals surface area contributed by atoms with Crippen molar-refractivity contribution in [3.8, 4) is 0 Å². The van der Waals surface area contributed by atoms with Crippen molar-refractivity contribution in [1.29, 1.82) is 0 Å². The van der Waals surface area contributed by atoms with Gasteiger partial charge in [0.25, 0.3) is 0 Å². The van der Waals surface area contributed by atoms with Gasteiger partial charge >= 0.3 is 0 Å². The summed E-state index contributed by atoms with van der Waals surface area (Å²) in [6.45, 7) is 2.68. The first kappa shape index (κ1) is 19.2. The molecule has 24 heavy (non-hydrogen) atoms. The lowest BCUT2D eigenvalue weighted by atomic mass is 10.1. The van der Waals surface area contributed by atoms with Gasteiger partial charge in [0.05, 0.1) is 6.61 Å². The highest BCUT2D eigenvalue weighted by molar-refractivity contribution is 9.10. The summed E-state index contributed by atoms with van der Waals surface area (Å²) in [6, 6.07) is 11.3. The summed E-state index contributed by atoms with van der Waals surface area (Å²) in [5.41, 5.74) is 4.36. The minimum absolute atomic E-state index is 0. The highest BCUT2D eigenvalue weighted by Crippen LogP contribution is 2.28. The maximum atomic E-state index is 14.0. The van der Waals surface area contributed by atoms with E-state index in [9.17, 15) is 9.50 Å². The van der Waals surface area contributed by atoms with E-state index in [0.717, 1.165) is 17.4 Å². The number of para-hydroxylation sites is 1. The van der Waals surface area contributed by atoms with Crippen molar-refractivity contribution in [2.45, 2.75) is 19.5 Å². The van der Waals surface area contributed by atoms with E-state index in [0.29, 0.717) is 25.2 Å². The minimum Gasteiger partial charge on any atom is -0.395 e. The molecule has 2 N–H and O–H groups in total. The second-order valence-electron chi connectivity index (χ2n) is 5.80. The first-order valence-corrected chi connectivity index (χ1v) is 8.58. The molecule has 130 valence electrons. The maximum absolute atomic E-state index is 14.0. The third-order valence-electron chi connectivity index (χ3n) is 4.15. The van der Waals surface area contributed by atoms with Crippen LogP contribution in [0.15, 0.2) is 40.9 Å². The molecular formula is C18H21BrClFN2O. The van der Waals surface area contributed by atoms with Gasteiger partial charge in [0.15, 0.2) is 0 Å². The summed E-state index contributed by atoms with van der Waals surface area (Å²) in [7, 11) is 0. The fourth-order valence-corrected chi connectivity index (χ4v) is 3.45. The van der Waals surface area contributed by atoms with Crippen LogP contribution >= 0.6 is 28.3 Å². The van der Waals surface area contributed by atoms with Crippen LogP contribution in [0.5, 0.6) is 0 Å². The summed E-state index contributed by atoms with van der Waals surface area (Å²) >= 11 is 3.39. The van der Waals surface area contributed by atoms with Gasteiger partial charge in [-0.05, 0) is 35.7 Å². The van der Waals surface area contributed by atoms with E-state index >= 15 is 0 Å². The average Bonchev–Trinajstić information content (AvgIpc) is 3.01. The molecule has 2 aromatic carbocycles. The molecule has 0 unspecified atom stereocenters. The molecule has 0 saturated carbocycles. The zero-order valence-electron chi connectivity index (χ0n) is 13.3. The smallest absolute Gasteiger partial charge is 0.127 e. The lowest BCUT2D eigenvalue weighted by Crippen LogP contribution is -2.27. The molecule has 0 amide bonds. The number of fused-ring (bicyclic) bond motifs is 1. The van der Waals surface area contributed by atoms with Gasteiger partial charge in [-0.2, -0.15) is 0 Å². The number of nitrogens with zero attached hydrogens (tertiary/aromatic N) is 1. The van der Waals surface area contributed by atoms with Crippen molar-refractivity contribution in [3.05, 3.63) is 63.4 Å². The summed E-state index contributed by atoms with van der Waals surface area (Å²) in [5, 5.41) is 12.8. The van der Waals surface area contributed by atoms with Gasteiger partial charge in [-0.3, -0.25) is 4.90 Å². The standard InChI is InChI=1S/C18H20BrFN2O.ClH/c19-16-4-5-17(20)15(10-16)12-22(8-9-23)11-14-3-1-2-13-6-7-21-18(13)14;/h1-5,10,21,23H,6-9,11-12H2;1H. The summed E-state index contributed by atoms with van der Waals surface area (Å²) in [5.74, 6) is -0.215. The van der Waals surface area contributed by atoms with Crippen LogP contribution < -0.4 is 5.32 Å². The third kappa shape index (κ3) is 4.48. The van der Waals surface area contributed by atoms with E-state index in [1.165, 1.54) is 22.9 Å². The number of anilines is 1. The summed E-state index contributed by atoms with van der Waals surface area (Å²) in [6.07, 6.45) is 1.05. The van der Waals surface area contributed by atoms with E-state index in [1.807, 2.05) is 0 Å². The molecule has 0 aromatic heterocycles. The summed E-state index contributed by atoms with van der Waals surface area (Å²) < 4.78 is 14.9. The lowest BCUT2D eigenvalue weighted by Gasteiger charge is -2.23. The molecule has 3 rings (SSSR count). The van der Waals surface area contributed by atoms with E-state index in [4.69, 9.17) is 0 Å². The normalized spacial score (nSPS) is 12.7. The van der Waals surface area contributed by atoms with Crippen LogP contribution in [-0.4, -0.2) is 29.7 Å². The van der Waals surface area contributed by atoms with Crippen molar-refractivity contribution in [2.24, 2.45) is 0 Å². The Morgan fingerprint density at radius 3 is 2.75 bits per heavy atom. The molecule has 0 saturated heterocycles. The van der Waals surface area contributed by atoms with Gasteiger partial charge in [-0.1, -0.05) is 34.1 Å². The Morgan fingerprint density at radius 1 is 1.17 bits per heavy atom. The predicted octanol–water partition coefficient (Wildman–Crippen LogP) is 3.97. The first-order chi connectivity index (χ1) is 11.2. The van der Waals surface area contributed by atoms with Crippen LogP contribution in [0.2, 0.25) is 0 Å². The van der Waals surface area contributed by atoms with Crippen molar-refractivity contribution in [3.63, 3.8) is 0 Å². The Kier molecular flexibility index (Phi) is 7.04. The molecule has 0 bridgehead atoms. The van der Waals surface area contributed by atoms with Gasteiger partial charge in [0, 0.05) is 41.9 Å². The predicted molar refractivity (Wildman–Crippen MR) is 101 cm³/mol. The molecule has 1 heterocycles. The Hall–Kier alpha value is -1.14. The largest absolute Gasteiger partial charge is 0.395 e. The molecule has 0 spiro atoms. The first-order valence-electron chi connectivity index (χ1n) is 7.79. The van der Waals surface area contributed by atoms with Gasteiger partial charge in [0.2, 0.25) is 0 Å². The second kappa shape index (κ2) is 8.81. The minimum atomic E-state index is -0.215. The number of halogens is 3. The van der Waals surface area contributed by atoms with Crippen molar-refractivity contribution >= 4 is 34.0 Å². The Morgan fingerprint density at radius 2 is 1.96 bits per heavy atom. The second-order valence-corrected chi connectivity index (χ2v) is 6.71. The molecular weight excluding hydrogens is 395 g/mol. The van der Waals surface area contributed by atoms with Gasteiger partial charge in [0.1, 0.15) is 5.82 Å². The number of hydrogen-bond donors (Lipinski definition) is 2. The number of benzene rings is 2. The summed E-state index contributed by atoms with van der Waals surface area (Å²) in [4.78, 5) is 2.07. The van der Waals surface area contributed by atoms with E-state index in [1.54, 1.807) is 12.1 Å². The number of aliphatic hydroxyl groups is 1. The fraction of sp³-hybridized carbons (Fsp3) is 0.333. The highest BCUT2D eigenvalue weighted by Gasteiger charge is 2.17. The van der Waals surface area contributed by atoms with Crippen LogP contribution in [0.4, 0.5) is 10.1 Å². The topological polar surface area (TPSA) is 35.5 Å². The lowest BCUT2D eigenvalue weighted by molar-refractivity contribution is 0.183. The molecule has 1 aliphatic heterocycles. The molecule has 6 heteroatoms. The average molecular weight is 416 g/mol. The highest BCUT2D eigenvalue weighted by atomic mass is 79.9.